The molecule has 9 heteroatoms. The summed E-state index contributed by atoms with van der Waals surface area (Å²) in [5, 5.41) is 25.2. The number of nitrogens with one attached hydrogen (secondary N) is 1. The number of carbonyl (C=O) groups excluding carboxylic acids is 1. The zero-order valence-electron chi connectivity index (χ0n) is 13.7. The van der Waals surface area contributed by atoms with Gasteiger partial charge in [0.1, 0.15) is 5.69 Å². The third-order valence-electron chi connectivity index (χ3n) is 3.56. The van der Waals surface area contributed by atoms with Crippen LogP contribution in [0.4, 0.5) is 22.7 Å². The van der Waals surface area contributed by atoms with Crippen molar-refractivity contribution in [2.45, 2.75) is 13.8 Å². The lowest BCUT2D eigenvalue weighted by atomic mass is 10.1. The smallest absolute Gasteiger partial charge is 0.340 e. The van der Waals surface area contributed by atoms with Gasteiger partial charge in [-0.25, -0.2) is 4.79 Å². The second kappa shape index (κ2) is 6.95. The summed E-state index contributed by atoms with van der Waals surface area (Å²) < 4.78 is 4.61. The molecule has 0 aromatic heterocycles. The van der Waals surface area contributed by atoms with E-state index in [4.69, 9.17) is 0 Å². The Kier molecular flexibility index (Phi) is 4.97. The van der Waals surface area contributed by atoms with E-state index in [1.807, 2.05) is 13.0 Å². The van der Waals surface area contributed by atoms with Gasteiger partial charge in [0.05, 0.1) is 28.6 Å². The number of non-ortho nitro benzene ring substituents is 1. The molecule has 2 rings (SSSR count). The van der Waals surface area contributed by atoms with Crippen molar-refractivity contribution in [2.24, 2.45) is 0 Å². The molecule has 130 valence electrons. The van der Waals surface area contributed by atoms with E-state index < -0.39 is 27.2 Å². The first-order valence-corrected chi connectivity index (χ1v) is 7.14. The highest BCUT2D eigenvalue weighted by Gasteiger charge is 2.28. The molecule has 1 N–H and O–H groups in total. The number of nitrogens with zero attached hydrogens (tertiary/aromatic N) is 2. The molecule has 0 saturated heterocycles. The number of carbonyl (C=O) groups is 1. The molecule has 0 heterocycles. The molecule has 2 aromatic rings. The SMILES string of the molecule is COC(=O)c1cc([N+](=O)[O-])cc([N+](=O)[O-])c1Nc1ccc(C)cc1C. The Bertz CT molecular complexity index is 878. The highest BCUT2D eigenvalue weighted by Crippen LogP contribution is 2.36. The molecule has 9 nitrogen and oxygen atoms in total. The van der Waals surface area contributed by atoms with E-state index in [1.54, 1.807) is 19.1 Å². The monoisotopic (exact) mass is 345 g/mol. The molecule has 0 atom stereocenters. The Morgan fingerprint density at radius 2 is 1.76 bits per heavy atom. The van der Waals surface area contributed by atoms with Crippen LogP contribution in [0.1, 0.15) is 21.5 Å². The predicted molar refractivity (Wildman–Crippen MR) is 90.3 cm³/mol. The van der Waals surface area contributed by atoms with Crippen molar-refractivity contribution in [3.8, 4) is 0 Å². The quantitative estimate of drug-likeness (QED) is 0.498. The molecule has 0 bridgehead atoms. The van der Waals surface area contributed by atoms with Gasteiger partial charge in [-0.15, -0.1) is 0 Å². The minimum absolute atomic E-state index is 0.158. The van der Waals surface area contributed by atoms with E-state index in [0.29, 0.717) is 5.69 Å². The molecular formula is C16H15N3O6. The fourth-order valence-electron chi connectivity index (χ4n) is 2.35. The van der Waals surface area contributed by atoms with E-state index in [2.05, 4.69) is 10.1 Å². The van der Waals surface area contributed by atoms with E-state index >= 15 is 0 Å². The zero-order valence-corrected chi connectivity index (χ0v) is 13.7. The minimum Gasteiger partial charge on any atom is -0.465 e. The lowest BCUT2D eigenvalue weighted by Gasteiger charge is -2.13. The van der Waals surface area contributed by atoms with Crippen LogP contribution in [-0.2, 0) is 4.74 Å². The fraction of sp³-hybridized carbons (Fsp3) is 0.188. The molecule has 25 heavy (non-hydrogen) atoms. The number of esters is 1. The van der Waals surface area contributed by atoms with Crippen molar-refractivity contribution < 1.29 is 19.4 Å². The van der Waals surface area contributed by atoms with E-state index in [0.717, 1.165) is 30.4 Å². The molecule has 0 unspecified atom stereocenters. The number of methoxy groups -OCH3 is 1. The van der Waals surface area contributed by atoms with Crippen molar-refractivity contribution in [1.29, 1.82) is 0 Å². The summed E-state index contributed by atoms with van der Waals surface area (Å²) in [6, 6.07) is 7.11. The summed E-state index contributed by atoms with van der Waals surface area (Å²) in [6.45, 7) is 3.69. The average Bonchev–Trinajstić information content (AvgIpc) is 2.56. The highest BCUT2D eigenvalue weighted by molar-refractivity contribution is 6.00. The number of rotatable bonds is 5. The fourth-order valence-corrected chi connectivity index (χ4v) is 2.35. The molecule has 0 spiro atoms. The van der Waals surface area contributed by atoms with Gasteiger partial charge in [0.25, 0.3) is 11.4 Å². The number of aryl methyl sites for hydroxylation is 2. The lowest BCUT2D eigenvalue weighted by molar-refractivity contribution is -0.393. The maximum Gasteiger partial charge on any atom is 0.340 e. The number of nitro benzene ring substituents is 2. The van der Waals surface area contributed by atoms with Crippen LogP contribution in [0.25, 0.3) is 0 Å². The van der Waals surface area contributed by atoms with Crippen molar-refractivity contribution in [1.82, 2.24) is 0 Å². The van der Waals surface area contributed by atoms with E-state index in [9.17, 15) is 25.0 Å². The van der Waals surface area contributed by atoms with Gasteiger partial charge in [0.2, 0.25) is 0 Å². The molecule has 0 fully saturated rings. The standard InChI is InChI=1S/C16H15N3O6/c1-9-4-5-13(10(2)6-9)17-15-12(16(20)25-3)7-11(18(21)22)8-14(15)19(23)24/h4-8,17H,1-3H3. The van der Waals surface area contributed by atoms with Crippen LogP contribution in [0, 0.1) is 34.1 Å². The third-order valence-corrected chi connectivity index (χ3v) is 3.56. The largest absolute Gasteiger partial charge is 0.465 e. The van der Waals surface area contributed by atoms with Gasteiger partial charge in [-0.3, -0.25) is 20.2 Å². The van der Waals surface area contributed by atoms with Gasteiger partial charge in [-0.2, -0.15) is 0 Å². The van der Waals surface area contributed by atoms with Crippen LogP contribution in [0.5, 0.6) is 0 Å². The third kappa shape index (κ3) is 3.71. The van der Waals surface area contributed by atoms with Crippen molar-refractivity contribution >= 4 is 28.7 Å². The molecule has 0 aliphatic rings. The van der Waals surface area contributed by atoms with Crippen molar-refractivity contribution in [3.63, 3.8) is 0 Å². The van der Waals surface area contributed by atoms with Gasteiger partial charge in [0.15, 0.2) is 0 Å². The summed E-state index contributed by atoms with van der Waals surface area (Å²) in [4.78, 5) is 32.8. The average molecular weight is 345 g/mol. The first kappa shape index (κ1) is 17.9. The highest BCUT2D eigenvalue weighted by atomic mass is 16.6. The minimum atomic E-state index is -0.918. The van der Waals surface area contributed by atoms with Gasteiger partial charge in [0, 0.05) is 11.8 Å². The maximum atomic E-state index is 12.0. The van der Waals surface area contributed by atoms with Crippen molar-refractivity contribution in [2.75, 3.05) is 12.4 Å². The predicted octanol–water partition coefficient (Wildman–Crippen LogP) is 3.65. The van der Waals surface area contributed by atoms with E-state index in [-0.39, 0.29) is 11.3 Å². The summed E-state index contributed by atoms with van der Waals surface area (Å²) in [5.41, 5.74) is 0.719. The normalized spacial score (nSPS) is 10.2. The topological polar surface area (TPSA) is 125 Å². The Balaban J connectivity index is 2.70. The Labute approximate surface area is 142 Å². The Morgan fingerprint density at radius 1 is 1.08 bits per heavy atom. The van der Waals surface area contributed by atoms with Crippen LogP contribution in [0.2, 0.25) is 0 Å². The molecule has 0 amide bonds. The number of ether oxygens (including phenoxy) is 1. The maximum absolute atomic E-state index is 12.0. The number of hydrogen-bond acceptors (Lipinski definition) is 7. The molecule has 0 saturated carbocycles. The summed E-state index contributed by atoms with van der Waals surface area (Å²) in [7, 11) is 1.09. The summed E-state index contributed by atoms with van der Waals surface area (Å²) in [5.74, 6) is -0.918. The molecular weight excluding hydrogens is 330 g/mol. The van der Waals surface area contributed by atoms with Gasteiger partial charge in [-0.1, -0.05) is 17.7 Å². The van der Waals surface area contributed by atoms with Crippen LogP contribution in [0.3, 0.4) is 0 Å². The lowest BCUT2D eigenvalue weighted by Crippen LogP contribution is -2.09. The molecule has 0 aliphatic heterocycles. The molecule has 0 aliphatic carbocycles. The van der Waals surface area contributed by atoms with Crippen LogP contribution in [0.15, 0.2) is 30.3 Å². The first-order valence-electron chi connectivity index (χ1n) is 7.14. The number of benzene rings is 2. The van der Waals surface area contributed by atoms with Crippen molar-refractivity contribution in [3.05, 3.63) is 67.3 Å². The summed E-state index contributed by atoms with van der Waals surface area (Å²) >= 11 is 0. The first-order chi connectivity index (χ1) is 11.7. The van der Waals surface area contributed by atoms with Crippen LogP contribution >= 0.6 is 0 Å². The van der Waals surface area contributed by atoms with Gasteiger partial charge < -0.3 is 10.1 Å². The zero-order chi connectivity index (χ0) is 18.7. The number of nitro groups is 2. The van der Waals surface area contributed by atoms with Crippen LogP contribution in [-0.4, -0.2) is 22.9 Å². The molecule has 0 radical (unpaired) electrons. The number of anilines is 2. The van der Waals surface area contributed by atoms with E-state index in [1.165, 1.54) is 0 Å². The van der Waals surface area contributed by atoms with Gasteiger partial charge in [-0.05, 0) is 25.5 Å². The second-order valence-electron chi connectivity index (χ2n) is 5.34. The Hall–Kier alpha value is -3.49. The Morgan fingerprint density at radius 3 is 2.28 bits per heavy atom. The van der Waals surface area contributed by atoms with Gasteiger partial charge >= 0.3 is 5.97 Å². The molecule has 2 aromatic carbocycles. The summed E-state index contributed by atoms with van der Waals surface area (Å²) in [6.07, 6.45) is 0. The number of hydrogen-bond donors (Lipinski definition) is 1. The van der Waals surface area contributed by atoms with Crippen LogP contribution < -0.4 is 5.32 Å². The second-order valence-corrected chi connectivity index (χ2v) is 5.34.